The molecule has 2 heterocycles. The SMILES string of the molecule is CN(CCc1cccs1)C(=O)[C@@H]1CC[C@H](C(=O)O)O1. The van der Waals surface area contributed by atoms with Gasteiger partial charge in [-0.3, -0.25) is 4.79 Å². The maximum atomic E-state index is 12.1. The minimum Gasteiger partial charge on any atom is -0.479 e. The van der Waals surface area contributed by atoms with Crippen LogP contribution in [0.15, 0.2) is 17.5 Å². The van der Waals surface area contributed by atoms with Crippen molar-refractivity contribution >= 4 is 23.2 Å². The number of carboxylic acids is 1. The Bertz CT molecular complexity index is 446. The van der Waals surface area contributed by atoms with Gasteiger partial charge in [0, 0.05) is 18.5 Å². The molecule has 1 N–H and O–H groups in total. The van der Waals surface area contributed by atoms with Crippen LogP contribution in [-0.4, -0.2) is 47.7 Å². The van der Waals surface area contributed by atoms with E-state index in [4.69, 9.17) is 9.84 Å². The van der Waals surface area contributed by atoms with E-state index in [2.05, 4.69) is 0 Å². The summed E-state index contributed by atoms with van der Waals surface area (Å²) >= 11 is 1.67. The van der Waals surface area contributed by atoms with Gasteiger partial charge in [0.25, 0.3) is 5.91 Å². The number of rotatable bonds is 5. The molecule has 6 heteroatoms. The number of aliphatic carboxylic acids is 1. The Morgan fingerprint density at radius 1 is 1.47 bits per heavy atom. The predicted octanol–water partition coefficient (Wildman–Crippen LogP) is 1.38. The van der Waals surface area contributed by atoms with E-state index in [-0.39, 0.29) is 5.91 Å². The van der Waals surface area contributed by atoms with E-state index in [1.807, 2.05) is 17.5 Å². The normalized spacial score (nSPS) is 22.4. The molecule has 1 aromatic rings. The van der Waals surface area contributed by atoms with Crippen LogP contribution in [0.1, 0.15) is 17.7 Å². The lowest BCUT2D eigenvalue weighted by atomic mass is 10.2. The van der Waals surface area contributed by atoms with Gasteiger partial charge in [-0.15, -0.1) is 11.3 Å². The van der Waals surface area contributed by atoms with Crippen molar-refractivity contribution in [2.45, 2.75) is 31.5 Å². The molecule has 1 aliphatic rings. The lowest BCUT2D eigenvalue weighted by Gasteiger charge is -2.20. The quantitative estimate of drug-likeness (QED) is 0.886. The topological polar surface area (TPSA) is 66.8 Å². The average molecular weight is 283 g/mol. The molecule has 19 heavy (non-hydrogen) atoms. The highest BCUT2D eigenvalue weighted by Crippen LogP contribution is 2.21. The fourth-order valence-electron chi connectivity index (χ4n) is 2.09. The first-order valence-corrected chi connectivity index (χ1v) is 7.11. The highest BCUT2D eigenvalue weighted by atomic mass is 32.1. The summed E-state index contributed by atoms with van der Waals surface area (Å²) in [5, 5.41) is 10.8. The fourth-order valence-corrected chi connectivity index (χ4v) is 2.79. The number of ether oxygens (including phenoxy) is 1. The Morgan fingerprint density at radius 2 is 2.21 bits per heavy atom. The number of hydrogen-bond donors (Lipinski definition) is 1. The molecule has 0 bridgehead atoms. The van der Waals surface area contributed by atoms with Gasteiger partial charge < -0.3 is 14.7 Å². The van der Waals surface area contributed by atoms with E-state index in [1.165, 1.54) is 4.88 Å². The highest BCUT2D eigenvalue weighted by Gasteiger charge is 2.35. The molecular weight excluding hydrogens is 266 g/mol. The summed E-state index contributed by atoms with van der Waals surface area (Å²) in [5.41, 5.74) is 0. The van der Waals surface area contributed by atoms with E-state index in [0.29, 0.717) is 19.4 Å². The molecule has 2 atom stereocenters. The number of nitrogens with zero attached hydrogens (tertiary/aromatic N) is 1. The standard InChI is InChI=1S/C13H17NO4S/c1-14(7-6-9-3-2-8-19-9)12(15)10-4-5-11(18-10)13(16)17/h2-3,8,10-11H,4-7H2,1H3,(H,16,17)/t10-,11+/m0/s1. The summed E-state index contributed by atoms with van der Waals surface area (Å²) in [6, 6.07) is 4.02. The van der Waals surface area contributed by atoms with E-state index >= 15 is 0 Å². The number of carboxylic acid groups (broad SMARTS) is 1. The van der Waals surface area contributed by atoms with Gasteiger partial charge in [-0.1, -0.05) is 6.07 Å². The summed E-state index contributed by atoms with van der Waals surface area (Å²) in [6.45, 7) is 0.622. The second-order valence-corrected chi connectivity index (χ2v) is 5.65. The Labute approximate surface area is 115 Å². The van der Waals surface area contributed by atoms with E-state index in [9.17, 15) is 9.59 Å². The lowest BCUT2D eigenvalue weighted by Crippen LogP contribution is -2.38. The molecule has 1 aromatic heterocycles. The summed E-state index contributed by atoms with van der Waals surface area (Å²) in [5.74, 6) is -1.11. The fraction of sp³-hybridized carbons (Fsp3) is 0.538. The number of thiophene rings is 1. The molecule has 0 radical (unpaired) electrons. The van der Waals surface area contributed by atoms with Crippen LogP contribution >= 0.6 is 11.3 Å². The van der Waals surface area contributed by atoms with Crippen molar-refractivity contribution in [1.29, 1.82) is 0 Å². The third-order valence-electron chi connectivity index (χ3n) is 3.22. The zero-order valence-corrected chi connectivity index (χ0v) is 11.6. The van der Waals surface area contributed by atoms with Gasteiger partial charge in [-0.05, 0) is 30.7 Å². The summed E-state index contributed by atoms with van der Waals surface area (Å²) in [4.78, 5) is 25.7. The maximum Gasteiger partial charge on any atom is 0.332 e. The molecule has 1 aliphatic heterocycles. The van der Waals surface area contributed by atoms with Gasteiger partial charge in [-0.25, -0.2) is 4.79 Å². The third-order valence-corrected chi connectivity index (χ3v) is 4.16. The van der Waals surface area contributed by atoms with Gasteiger partial charge in [0.1, 0.15) is 6.10 Å². The van der Waals surface area contributed by atoms with Crippen molar-refractivity contribution in [3.63, 3.8) is 0 Å². The van der Waals surface area contributed by atoms with Gasteiger partial charge in [0.15, 0.2) is 6.10 Å². The Balaban J connectivity index is 1.81. The van der Waals surface area contributed by atoms with Gasteiger partial charge in [-0.2, -0.15) is 0 Å². The van der Waals surface area contributed by atoms with Crippen molar-refractivity contribution < 1.29 is 19.4 Å². The molecule has 0 saturated carbocycles. The van der Waals surface area contributed by atoms with Crippen LogP contribution in [0.3, 0.4) is 0 Å². The van der Waals surface area contributed by atoms with Gasteiger partial charge in [0.05, 0.1) is 0 Å². The molecule has 5 nitrogen and oxygen atoms in total. The zero-order valence-electron chi connectivity index (χ0n) is 10.7. The van der Waals surface area contributed by atoms with Crippen molar-refractivity contribution in [2.24, 2.45) is 0 Å². The van der Waals surface area contributed by atoms with Crippen molar-refractivity contribution in [2.75, 3.05) is 13.6 Å². The molecule has 1 saturated heterocycles. The molecule has 1 amide bonds. The molecule has 2 rings (SSSR count). The lowest BCUT2D eigenvalue weighted by molar-refractivity contribution is -0.154. The highest BCUT2D eigenvalue weighted by molar-refractivity contribution is 7.09. The Kier molecular flexibility index (Phi) is 4.55. The molecule has 0 unspecified atom stereocenters. The molecule has 104 valence electrons. The third kappa shape index (κ3) is 3.54. The average Bonchev–Trinajstić information content (AvgIpc) is 3.05. The summed E-state index contributed by atoms with van der Waals surface area (Å²) in [7, 11) is 1.73. The zero-order chi connectivity index (χ0) is 13.8. The van der Waals surface area contributed by atoms with Crippen molar-refractivity contribution in [1.82, 2.24) is 4.90 Å². The first-order chi connectivity index (χ1) is 9.08. The van der Waals surface area contributed by atoms with Crippen LogP contribution < -0.4 is 0 Å². The van der Waals surface area contributed by atoms with Crippen LogP contribution in [0.5, 0.6) is 0 Å². The van der Waals surface area contributed by atoms with E-state index in [1.54, 1.807) is 23.3 Å². The first kappa shape index (κ1) is 14.0. The minimum absolute atomic E-state index is 0.125. The van der Waals surface area contributed by atoms with Crippen LogP contribution in [0.2, 0.25) is 0 Å². The largest absolute Gasteiger partial charge is 0.479 e. The Hall–Kier alpha value is -1.40. The van der Waals surface area contributed by atoms with Crippen LogP contribution in [0, 0.1) is 0 Å². The van der Waals surface area contributed by atoms with Gasteiger partial charge >= 0.3 is 5.97 Å². The first-order valence-electron chi connectivity index (χ1n) is 6.23. The second-order valence-electron chi connectivity index (χ2n) is 4.62. The number of hydrogen-bond acceptors (Lipinski definition) is 4. The number of likely N-dealkylation sites (N-methyl/N-ethyl adjacent to an activating group) is 1. The van der Waals surface area contributed by atoms with Crippen LogP contribution in [0.4, 0.5) is 0 Å². The van der Waals surface area contributed by atoms with Gasteiger partial charge in [0.2, 0.25) is 0 Å². The second kappa shape index (κ2) is 6.16. The summed E-state index contributed by atoms with van der Waals surface area (Å²) in [6.07, 6.45) is 0.271. The number of carbonyl (C=O) groups excluding carboxylic acids is 1. The molecule has 0 aromatic carbocycles. The molecule has 1 fully saturated rings. The summed E-state index contributed by atoms with van der Waals surface area (Å²) < 4.78 is 5.25. The molecule has 0 spiro atoms. The van der Waals surface area contributed by atoms with Crippen molar-refractivity contribution in [3.05, 3.63) is 22.4 Å². The molecule has 0 aliphatic carbocycles. The number of amides is 1. The predicted molar refractivity (Wildman–Crippen MR) is 71.2 cm³/mol. The monoisotopic (exact) mass is 283 g/mol. The molecular formula is C13H17NO4S. The van der Waals surface area contributed by atoms with Crippen molar-refractivity contribution in [3.8, 4) is 0 Å². The van der Waals surface area contributed by atoms with Crippen LogP contribution in [-0.2, 0) is 20.7 Å². The van der Waals surface area contributed by atoms with Crippen LogP contribution in [0.25, 0.3) is 0 Å². The van der Waals surface area contributed by atoms with E-state index < -0.39 is 18.2 Å². The number of carbonyl (C=O) groups is 2. The maximum absolute atomic E-state index is 12.1. The van der Waals surface area contributed by atoms with E-state index in [0.717, 1.165) is 6.42 Å². The smallest absolute Gasteiger partial charge is 0.332 e. The minimum atomic E-state index is -0.989. The Morgan fingerprint density at radius 3 is 2.79 bits per heavy atom.